The number of carbonyl (C=O) groups excluding carboxylic acids is 3. The van der Waals surface area contributed by atoms with Crippen molar-refractivity contribution in [1.29, 1.82) is 0 Å². The van der Waals surface area contributed by atoms with E-state index in [9.17, 15) is 19.2 Å². The highest BCUT2D eigenvalue weighted by atomic mass is 16.6. The predicted octanol–water partition coefficient (Wildman–Crippen LogP) is 2.79. The van der Waals surface area contributed by atoms with E-state index in [0.29, 0.717) is 45.6 Å². The minimum absolute atomic E-state index is 0.0757. The minimum atomic E-state index is -0.560. The molecule has 1 fully saturated rings. The molecule has 10 heteroatoms. The molecule has 1 saturated heterocycles. The number of nitrogens with zero attached hydrogens (tertiary/aromatic N) is 2. The van der Waals surface area contributed by atoms with E-state index in [-0.39, 0.29) is 35.8 Å². The first-order chi connectivity index (χ1) is 18.1. The van der Waals surface area contributed by atoms with Crippen LogP contribution in [0.3, 0.4) is 0 Å². The molecule has 1 atom stereocenters. The van der Waals surface area contributed by atoms with Crippen molar-refractivity contribution in [2.75, 3.05) is 32.8 Å². The Balaban J connectivity index is 1.61. The number of rotatable bonds is 9. The number of morpholine rings is 1. The van der Waals surface area contributed by atoms with Gasteiger partial charge in [0.1, 0.15) is 11.2 Å². The van der Waals surface area contributed by atoms with Gasteiger partial charge in [0, 0.05) is 25.8 Å². The summed E-state index contributed by atoms with van der Waals surface area (Å²) in [6, 6.07) is 10.7. The zero-order chi connectivity index (χ0) is 27.7. The van der Waals surface area contributed by atoms with Gasteiger partial charge < -0.3 is 29.6 Å². The fraction of sp³-hybridized carbons (Fsp3) is 0.500. The number of pyridine rings is 1. The first-order valence-corrected chi connectivity index (χ1v) is 13.0. The molecule has 3 rings (SSSR count). The van der Waals surface area contributed by atoms with Crippen LogP contribution in [0.15, 0.2) is 47.4 Å². The third-order valence-corrected chi connectivity index (χ3v) is 5.90. The van der Waals surface area contributed by atoms with Crippen LogP contribution < -0.4 is 16.2 Å². The monoisotopic (exact) mass is 526 g/mol. The van der Waals surface area contributed by atoms with Crippen LogP contribution >= 0.6 is 0 Å². The number of nitrogens with one attached hydrogen (secondary N) is 2. The second-order valence-electron chi connectivity index (χ2n) is 10.2. The van der Waals surface area contributed by atoms with Crippen molar-refractivity contribution in [2.45, 2.75) is 58.8 Å². The molecule has 1 aromatic heterocycles. The fourth-order valence-electron chi connectivity index (χ4n) is 4.10. The minimum Gasteiger partial charge on any atom is -0.444 e. The second-order valence-corrected chi connectivity index (χ2v) is 10.2. The highest BCUT2D eigenvalue weighted by molar-refractivity contribution is 5.99. The number of hydrogen-bond donors (Lipinski definition) is 2. The Labute approximate surface area is 223 Å². The summed E-state index contributed by atoms with van der Waals surface area (Å²) in [7, 11) is 0. The van der Waals surface area contributed by atoms with Crippen molar-refractivity contribution < 1.29 is 23.9 Å². The Kier molecular flexibility index (Phi) is 10.1. The molecular weight excluding hydrogens is 488 g/mol. The number of benzene rings is 1. The Morgan fingerprint density at radius 2 is 1.84 bits per heavy atom. The highest BCUT2D eigenvalue weighted by Crippen LogP contribution is 2.15. The maximum Gasteiger partial charge on any atom is 0.410 e. The van der Waals surface area contributed by atoms with Gasteiger partial charge in [0.2, 0.25) is 0 Å². The van der Waals surface area contributed by atoms with Gasteiger partial charge in [-0.2, -0.15) is 0 Å². The van der Waals surface area contributed by atoms with Crippen molar-refractivity contribution in [1.82, 2.24) is 20.1 Å². The summed E-state index contributed by atoms with van der Waals surface area (Å²) in [5, 5.41) is 5.50. The fourth-order valence-corrected chi connectivity index (χ4v) is 4.10. The van der Waals surface area contributed by atoms with E-state index in [1.807, 2.05) is 51.1 Å². The summed E-state index contributed by atoms with van der Waals surface area (Å²) in [6.07, 6.45) is 2.26. The predicted molar refractivity (Wildman–Crippen MR) is 143 cm³/mol. The van der Waals surface area contributed by atoms with Gasteiger partial charge in [-0.1, -0.05) is 30.3 Å². The first kappa shape index (κ1) is 28.9. The van der Waals surface area contributed by atoms with Crippen LogP contribution in [0.2, 0.25) is 0 Å². The summed E-state index contributed by atoms with van der Waals surface area (Å²) in [4.78, 5) is 52.5. The number of aromatic nitrogens is 1. The van der Waals surface area contributed by atoms with Gasteiger partial charge in [-0.05, 0) is 52.2 Å². The van der Waals surface area contributed by atoms with Gasteiger partial charge in [0.15, 0.2) is 0 Å². The molecule has 0 aliphatic carbocycles. The summed E-state index contributed by atoms with van der Waals surface area (Å²) >= 11 is 0. The van der Waals surface area contributed by atoms with E-state index < -0.39 is 17.1 Å². The Morgan fingerprint density at radius 3 is 2.53 bits per heavy atom. The van der Waals surface area contributed by atoms with E-state index >= 15 is 0 Å². The SMILES string of the molecule is CCNC(=O)c1cc(C(=O)NCCC[C@@H]2CN(C(=O)OC(C)(C)C)CCO2)cn(Cc2ccccc2)c1=O. The van der Waals surface area contributed by atoms with Crippen LogP contribution in [0.5, 0.6) is 0 Å². The lowest BCUT2D eigenvalue weighted by atomic mass is 10.1. The van der Waals surface area contributed by atoms with Crippen LogP contribution in [-0.4, -0.2) is 71.9 Å². The first-order valence-electron chi connectivity index (χ1n) is 13.0. The molecule has 2 aromatic rings. The molecule has 0 saturated carbocycles. The molecule has 2 N–H and O–H groups in total. The van der Waals surface area contributed by atoms with Gasteiger partial charge in [-0.15, -0.1) is 0 Å². The quantitative estimate of drug-likeness (QED) is 0.485. The molecule has 0 spiro atoms. The van der Waals surface area contributed by atoms with Crippen LogP contribution in [0, 0.1) is 0 Å². The third-order valence-electron chi connectivity index (χ3n) is 5.90. The van der Waals surface area contributed by atoms with E-state index in [1.165, 1.54) is 16.8 Å². The number of ether oxygens (including phenoxy) is 2. The molecule has 0 bridgehead atoms. The van der Waals surface area contributed by atoms with Gasteiger partial charge in [0.25, 0.3) is 17.4 Å². The maximum atomic E-state index is 13.0. The molecule has 10 nitrogen and oxygen atoms in total. The third kappa shape index (κ3) is 8.44. The Hall–Kier alpha value is -3.66. The smallest absolute Gasteiger partial charge is 0.410 e. The lowest BCUT2D eigenvalue weighted by Gasteiger charge is -2.34. The van der Waals surface area contributed by atoms with Crippen LogP contribution in [0.25, 0.3) is 0 Å². The van der Waals surface area contributed by atoms with Crippen LogP contribution in [0.4, 0.5) is 4.79 Å². The van der Waals surface area contributed by atoms with E-state index in [1.54, 1.807) is 11.8 Å². The molecule has 38 heavy (non-hydrogen) atoms. The van der Waals surface area contributed by atoms with E-state index in [0.717, 1.165) is 5.56 Å². The lowest BCUT2D eigenvalue weighted by Crippen LogP contribution is -2.47. The van der Waals surface area contributed by atoms with Crippen molar-refractivity contribution in [3.8, 4) is 0 Å². The van der Waals surface area contributed by atoms with Crippen molar-refractivity contribution >= 4 is 17.9 Å². The highest BCUT2D eigenvalue weighted by Gasteiger charge is 2.28. The molecule has 1 aliphatic heterocycles. The van der Waals surface area contributed by atoms with Crippen molar-refractivity contribution in [3.05, 3.63) is 69.6 Å². The molecule has 0 unspecified atom stereocenters. The Morgan fingerprint density at radius 1 is 1.11 bits per heavy atom. The van der Waals surface area contributed by atoms with Crippen LogP contribution in [-0.2, 0) is 16.0 Å². The molecule has 3 amide bonds. The second kappa shape index (κ2) is 13.2. The molecular formula is C28H38N4O6. The molecule has 0 radical (unpaired) electrons. The van der Waals surface area contributed by atoms with Gasteiger partial charge in [0.05, 0.1) is 31.4 Å². The maximum absolute atomic E-state index is 13.0. The van der Waals surface area contributed by atoms with E-state index in [4.69, 9.17) is 9.47 Å². The number of amides is 3. The molecule has 1 aromatic carbocycles. The molecule has 2 heterocycles. The molecule has 1 aliphatic rings. The van der Waals surface area contributed by atoms with Crippen molar-refractivity contribution in [2.24, 2.45) is 0 Å². The van der Waals surface area contributed by atoms with Gasteiger partial charge in [-0.3, -0.25) is 14.4 Å². The van der Waals surface area contributed by atoms with Gasteiger partial charge in [-0.25, -0.2) is 4.79 Å². The average molecular weight is 527 g/mol. The largest absolute Gasteiger partial charge is 0.444 e. The topological polar surface area (TPSA) is 119 Å². The zero-order valence-electron chi connectivity index (χ0n) is 22.6. The zero-order valence-corrected chi connectivity index (χ0v) is 22.6. The van der Waals surface area contributed by atoms with E-state index in [2.05, 4.69) is 10.6 Å². The summed E-state index contributed by atoms with van der Waals surface area (Å²) < 4.78 is 12.6. The summed E-state index contributed by atoms with van der Waals surface area (Å²) in [5.74, 6) is -0.893. The number of hydrogen-bond acceptors (Lipinski definition) is 6. The summed E-state index contributed by atoms with van der Waals surface area (Å²) in [5.41, 5.74) is 0.0119. The number of carbonyl (C=O) groups is 3. The lowest BCUT2D eigenvalue weighted by molar-refractivity contribution is -0.0449. The normalized spacial score (nSPS) is 15.6. The molecule has 206 valence electrons. The van der Waals surface area contributed by atoms with Gasteiger partial charge >= 0.3 is 6.09 Å². The summed E-state index contributed by atoms with van der Waals surface area (Å²) in [6.45, 7) is 9.58. The standard InChI is InChI=1S/C28H38N4O6/c1-5-29-25(34)23-16-21(18-32(26(23)35)17-20-10-7-6-8-11-20)24(33)30-13-9-12-22-19-31(14-15-37-22)27(36)38-28(2,3)4/h6-8,10-11,16,18,22H,5,9,12-15,17,19H2,1-4H3,(H,29,34)(H,30,33)/t22-/m1/s1. The van der Waals surface area contributed by atoms with Crippen LogP contribution in [0.1, 0.15) is 66.8 Å². The van der Waals surface area contributed by atoms with Crippen molar-refractivity contribution in [3.63, 3.8) is 0 Å². The Bertz CT molecular complexity index is 1170. The average Bonchev–Trinajstić information content (AvgIpc) is 2.87.